The lowest BCUT2D eigenvalue weighted by Crippen LogP contribution is -2.13. The van der Waals surface area contributed by atoms with Crippen LogP contribution in [0.4, 0.5) is 0 Å². The van der Waals surface area contributed by atoms with E-state index in [1.54, 1.807) is 24.4 Å². The van der Waals surface area contributed by atoms with Crippen LogP contribution in [-0.4, -0.2) is 16.6 Å². The second-order valence-corrected chi connectivity index (χ2v) is 1.77. The predicted molar refractivity (Wildman–Crippen MR) is 40.7 cm³/mol. The lowest BCUT2D eigenvalue weighted by atomic mass is 10.4. The summed E-state index contributed by atoms with van der Waals surface area (Å²) in [6, 6.07) is 0. The maximum absolute atomic E-state index is 10.3. The first-order valence-corrected chi connectivity index (χ1v) is 2.84. The van der Waals surface area contributed by atoms with Crippen LogP contribution in [0.25, 0.3) is 0 Å². The molecule has 0 unspecified atom stereocenters. The van der Waals surface area contributed by atoms with Gasteiger partial charge in [-0.25, -0.2) is 4.79 Å². The highest BCUT2D eigenvalue weighted by atomic mass is 16.4. The smallest absolute Gasteiger partial charge is 0.352 e. The van der Waals surface area contributed by atoms with Gasteiger partial charge in [-0.15, -0.1) is 0 Å². The average Bonchev–Trinajstić information content (AvgIpc) is 2.12. The van der Waals surface area contributed by atoms with Crippen LogP contribution in [0.2, 0.25) is 0 Å². The standard InChI is InChI=1S/C7H7NO2.H2O/c9-7(10)6-4-2-1-3-5-8-6;/h1-5,8H,(H,9,10);1H2. The molecule has 0 aromatic carbocycles. The minimum absolute atomic E-state index is 0. The molecule has 0 saturated carbocycles. The van der Waals surface area contributed by atoms with Crippen molar-refractivity contribution >= 4 is 5.97 Å². The van der Waals surface area contributed by atoms with E-state index in [1.807, 2.05) is 0 Å². The predicted octanol–water partition coefficient (Wildman–Crippen LogP) is -0.197. The third kappa shape index (κ3) is 2.68. The summed E-state index contributed by atoms with van der Waals surface area (Å²) in [7, 11) is 0. The summed E-state index contributed by atoms with van der Waals surface area (Å²) in [5.74, 6) is -0.948. The van der Waals surface area contributed by atoms with Crippen LogP contribution in [0, 0.1) is 0 Å². The molecule has 4 nitrogen and oxygen atoms in total. The molecule has 0 saturated heterocycles. The molecule has 1 aliphatic rings. The number of carbonyl (C=O) groups is 1. The third-order valence-corrected chi connectivity index (χ3v) is 1.05. The van der Waals surface area contributed by atoms with Crippen LogP contribution in [-0.2, 0) is 4.79 Å². The van der Waals surface area contributed by atoms with Gasteiger partial charge in [-0.2, -0.15) is 0 Å². The Bertz CT molecular complexity index is 228. The van der Waals surface area contributed by atoms with Gasteiger partial charge in [0.2, 0.25) is 0 Å². The summed E-state index contributed by atoms with van der Waals surface area (Å²) in [5, 5.41) is 11.1. The molecular weight excluding hydrogens is 146 g/mol. The Labute approximate surface area is 63.8 Å². The number of hydrogen-bond donors (Lipinski definition) is 2. The molecule has 1 aliphatic heterocycles. The van der Waals surface area contributed by atoms with Crippen LogP contribution in [0.3, 0.4) is 0 Å². The van der Waals surface area contributed by atoms with Gasteiger partial charge in [0.1, 0.15) is 5.70 Å². The van der Waals surface area contributed by atoms with Crippen molar-refractivity contribution < 1.29 is 15.4 Å². The van der Waals surface area contributed by atoms with Gasteiger partial charge in [-0.1, -0.05) is 12.2 Å². The number of aliphatic carboxylic acids is 1. The maximum atomic E-state index is 10.3. The zero-order chi connectivity index (χ0) is 7.40. The van der Waals surface area contributed by atoms with Gasteiger partial charge in [0, 0.05) is 6.20 Å². The van der Waals surface area contributed by atoms with Crippen molar-refractivity contribution in [3.05, 3.63) is 36.2 Å². The largest absolute Gasteiger partial charge is 0.477 e. The molecule has 0 radical (unpaired) electrons. The van der Waals surface area contributed by atoms with E-state index in [0.717, 1.165) is 0 Å². The van der Waals surface area contributed by atoms with E-state index in [9.17, 15) is 4.79 Å². The SMILES string of the molecule is O.O=C(O)C1=CC=CC=CN1. The van der Waals surface area contributed by atoms with E-state index in [1.165, 1.54) is 6.08 Å². The van der Waals surface area contributed by atoms with Gasteiger partial charge < -0.3 is 15.9 Å². The number of nitrogens with one attached hydrogen (secondary N) is 1. The monoisotopic (exact) mass is 155 g/mol. The molecule has 1 heterocycles. The Morgan fingerprint density at radius 1 is 1.36 bits per heavy atom. The number of carboxylic acid groups (broad SMARTS) is 1. The molecule has 0 aromatic heterocycles. The fourth-order valence-corrected chi connectivity index (χ4v) is 0.591. The Balaban J connectivity index is 0.000001000. The first-order valence-electron chi connectivity index (χ1n) is 2.84. The Morgan fingerprint density at radius 2 is 2.09 bits per heavy atom. The van der Waals surface area contributed by atoms with Crippen molar-refractivity contribution in [1.82, 2.24) is 5.32 Å². The molecule has 0 fully saturated rings. The summed E-state index contributed by atoms with van der Waals surface area (Å²) in [5.41, 5.74) is 0.185. The summed E-state index contributed by atoms with van der Waals surface area (Å²) in [4.78, 5) is 10.3. The third-order valence-electron chi connectivity index (χ3n) is 1.05. The molecule has 11 heavy (non-hydrogen) atoms. The van der Waals surface area contributed by atoms with Gasteiger partial charge >= 0.3 is 5.97 Å². The van der Waals surface area contributed by atoms with E-state index in [4.69, 9.17) is 5.11 Å². The molecule has 0 aromatic rings. The van der Waals surface area contributed by atoms with E-state index in [-0.39, 0.29) is 11.2 Å². The second-order valence-electron chi connectivity index (χ2n) is 1.77. The topological polar surface area (TPSA) is 80.8 Å². The molecule has 4 N–H and O–H groups in total. The van der Waals surface area contributed by atoms with E-state index in [2.05, 4.69) is 5.32 Å². The number of hydrogen-bond acceptors (Lipinski definition) is 2. The second kappa shape index (κ2) is 4.29. The van der Waals surface area contributed by atoms with Crippen molar-refractivity contribution in [3.63, 3.8) is 0 Å². The van der Waals surface area contributed by atoms with Crippen LogP contribution in [0.15, 0.2) is 36.2 Å². The van der Waals surface area contributed by atoms with Crippen molar-refractivity contribution in [1.29, 1.82) is 0 Å². The zero-order valence-corrected chi connectivity index (χ0v) is 5.74. The molecule has 1 rings (SSSR count). The van der Waals surface area contributed by atoms with E-state index >= 15 is 0 Å². The first-order chi connectivity index (χ1) is 4.80. The summed E-state index contributed by atoms with van der Waals surface area (Å²) in [6.45, 7) is 0. The maximum Gasteiger partial charge on any atom is 0.352 e. The first kappa shape index (κ1) is 9.45. The van der Waals surface area contributed by atoms with Gasteiger partial charge in [-0.05, 0) is 12.2 Å². The summed E-state index contributed by atoms with van der Waals surface area (Å²) in [6.07, 6.45) is 8.22. The van der Waals surface area contributed by atoms with Crippen molar-refractivity contribution in [2.75, 3.05) is 0 Å². The Hall–Kier alpha value is -1.55. The van der Waals surface area contributed by atoms with Crippen molar-refractivity contribution in [2.45, 2.75) is 0 Å². The van der Waals surface area contributed by atoms with Crippen molar-refractivity contribution in [2.24, 2.45) is 0 Å². The fraction of sp³-hybridized carbons (Fsp3) is 0. The number of allylic oxidation sites excluding steroid dienone is 4. The van der Waals surface area contributed by atoms with Gasteiger partial charge in [0.15, 0.2) is 0 Å². The van der Waals surface area contributed by atoms with Crippen LogP contribution >= 0.6 is 0 Å². The van der Waals surface area contributed by atoms with Gasteiger partial charge in [0.25, 0.3) is 0 Å². The fourth-order valence-electron chi connectivity index (χ4n) is 0.591. The molecule has 0 amide bonds. The highest BCUT2D eigenvalue weighted by Gasteiger charge is 2.02. The molecule has 0 bridgehead atoms. The molecule has 4 heteroatoms. The highest BCUT2D eigenvalue weighted by Crippen LogP contribution is 1.94. The quantitative estimate of drug-likeness (QED) is 0.550. The lowest BCUT2D eigenvalue weighted by molar-refractivity contribution is -0.132. The van der Waals surface area contributed by atoms with Crippen LogP contribution < -0.4 is 5.32 Å². The van der Waals surface area contributed by atoms with Gasteiger partial charge in [-0.3, -0.25) is 0 Å². The number of carboxylic acids is 1. The molecule has 0 atom stereocenters. The summed E-state index contributed by atoms with van der Waals surface area (Å²) < 4.78 is 0. The zero-order valence-electron chi connectivity index (χ0n) is 5.74. The van der Waals surface area contributed by atoms with Crippen LogP contribution in [0.5, 0.6) is 0 Å². The molecular formula is C7H9NO3. The van der Waals surface area contributed by atoms with E-state index in [0.29, 0.717) is 0 Å². The lowest BCUT2D eigenvalue weighted by Gasteiger charge is -1.96. The molecule has 60 valence electrons. The Morgan fingerprint density at radius 3 is 2.73 bits per heavy atom. The number of rotatable bonds is 1. The molecule has 0 aliphatic carbocycles. The minimum Gasteiger partial charge on any atom is -0.477 e. The van der Waals surface area contributed by atoms with Crippen molar-refractivity contribution in [3.8, 4) is 0 Å². The van der Waals surface area contributed by atoms with E-state index < -0.39 is 5.97 Å². The average molecular weight is 155 g/mol. The van der Waals surface area contributed by atoms with Gasteiger partial charge in [0.05, 0.1) is 0 Å². The molecule has 0 spiro atoms. The highest BCUT2D eigenvalue weighted by molar-refractivity contribution is 5.86. The Kier molecular flexibility index (Phi) is 3.69. The normalized spacial score (nSPS) is 14.0. The van der Waals surface area contributed by atoms with Crippen LogP contribution in [0.1, 0.15) is 0 Å². The summed E-state index contributed by atoms with van der Waals surface area (Å²) >= 11 is 0. The minimum atomic E-state index is -0.948.